The molecule has 0 spiro atoms. The van der Waals surface area contributed by atoms with Crippen molar-refractivity contribution in [1.29, 1.82) is 0 Å². The zero-order valence-corrected chi connectivity index (χ0v) is 14.3. The fourth-order valence-corrected chi connectivity index (χ4v) is 2.32. The number of rotatable bonds is 5. The van der Waals surface area contributed by atoms with E-state index in [0.29, 0.717) is 17.7 Å². The van der Waals surface area contributed by atoms with Crippen LogP contribution in [-0.4, -0.2) is 45.1 Å². The summed E-state index contributed by atoms with van der Waals surface area (Å²) in [5.74, 6) is 0.350. The first-order valence-electron chi connectivity index (χ1n) is 7.52. The van der Waals surface area contributed by atoms with Gasteiger partial charge in [-0.2, -0.15) is 0 Å². The first-order chi connectivity index (χ1) is 11.5. The van der Waals surface area contributed by atoms with Crippen molar-refractivity contribution in [3.05, 3.63) is 53.6 Å². The molecule has 0 heterocycles. The first-order valence-corrected chi connectivity index (χ1v) is 7.52. The highest BCUT2D eigenvalue weighted by Gasteiger charge is 2.12. The molecule has 1 amide bonds. The van der Waals surface area contributed by atoms with Gasteiger partial charge in [-0.15, -0.1) is 0 Å². The Balaban J connectivity index is 2.30. The molecule has 0 saturated carbocycles. The van der Waals surface area contributed by atoms with Crippen molar-refractivity contribution in [1.82, 2.24) is 4.90 Å². The van der Waals surface area contributed by atoms with Crippen LogP contribution in [0.25, 0.3) is 11.1 Å². The molecular formula is C19H21NO4. The molecular weight excluding hydrogens is 306 g/mol. The number of carbonyl (C=O) groups is 2. The molecule has 24 heavy (non-hydrogen) atoms. The van der Waals surface area contributed by atoms with Crippen molar-refractivity contribution in [3.8, 4) is 16.9 Å². The summed E-state index contributed by atoms with van der Waals surface area (Å²) in [4.78, 5) is 24.9. The van der Waals surface area contributed by atoms with Gasteiger partial charge >= 0.3 is 5.97 Å². The standard InChI is InChI=1S/C19H21NO4/c1-20(2)18(21)12-13-5-10-16(17(11-13)23-3)14-6-8-15(9-7-14)19(22)24-4/h5-11H,12H2,1-4H3. The smallest absolute Gasteiger partial charge is 0.337 e. The van der Waals surface area contributed by atoms with E-state index in [1.54, 1.807) is 38.2 Å². The second kappa shape index (κ2) is 7.64. The van der Waals surface area contributed by atoms with Crippen LogP contribution in [-0.2, 0) is 16.0 Å². The van der Waals surface area contributed by atoms with Crippen LogP contribution < -0.4 is 4.74 Å². The number of hydrogen-bond acceptors (Lipinski definition) is 4. The van der Waals surface area contributed by atoms with Gasteiger partial charge in [-0.3, -0.25) is 4.79 Å². The van der Waals surface area contributed by atoms with Crippen molar-refractivity contribution < 1.29 is 19.1 Å². The second-order valence-electron chi connectivity index (χ2n) is 5.57. The van der Waals surface area contributed by atoms with Crippen LogP contribution in [0.15, 0.2) is 42.5 Å². The van der Waals surface area contributed by atoms with E-state index < -0.39 is 0 Å². The normalized spacial score (nSPS) is 10.2. The van der Waals surface area contributed by atoms with Crippen LogP contribution in [0.3, 0.4) is 0 Å². The Bertz CT molecular complexity index is 736. The third-order valence-electron chi connectivity index (χ3n) is 3.74. The largest absolute Gasteiger partial charge is 0.496 e. The highest BCUT2D eigenvalue weighted by molar-refractivity contribution is 5.90. The Hall–Kier alpha value is -2.82. The van der Waals surface area contributed by atoms with Crippen molar-refractivity contribution >= 4 is 11.9 Å². The number of esters is 1. The maximum atomic E-state index is 11.8. The monoisotopic (exact) mass is 327 g/mol. The maximum absolute atomic E-state index is 11.8. The maximum Gasteiger partial charge on any atom is 0.337 e. The molecule has 0 aliphatic carbocycles. The van der Waals surface area contributed by atoms with E-state index >= 15 is 0 Å². The zero-order chi connectivity index (χ0) is 17.7. The molecule has 0 aliphatic heterocycles. The summed E-state index contributed by atoms with van der Waals surface area (Å²) in [6.45, 7) is 0. The number of methoxy groups -OCH3 is 2. The SMILES string of the molecule is COC(=O)c1ccc(-c2ccc(CC(=O)N(C)C)cc2OC)cc1. The minimum absolute atomic E-state index is 0.0345. The number of benzene rings is 2. The molecule has 2 aromatic rings. The Morgan fingerprint density at radius 3 is 2.21 bits per heavy atom. The third kappa shape index (κ3) is 3.93. The minimum atomic E-state index is -0.369. The summed E-state index contributed by atoms with van der Waals surface area (Å²) < 4.78 is 10.2. The molecule has 0 saturated heterocycles. The molecule has 0 unspecified atom stereocenters. The molecule has 2 aromatic carbocycles. The lowest BCUT2D eigenvalue weighted by molar-refractivity contribution is -0.127. The molecule has 0 fully saturated rings. The topological polar surface area (TPSA) is 55.8 Å². The van der Waals surface area contributed by atoms with Crippen LogP contribution in [0.1, 0.15) is 15.9 Å². The van der Waals surface area contributed by atoms with Crippen LogP contribution >= 0.6 is 0 Å². The number of likely N-dealkylation sites (N-methyl/N-ethyl adjacent to an activating group) is 1. The van der Waals surface area contributed by atoms with Crippen LogP contribution in [0, 0.1) is 0 Å². The van der Waals surface area contributed by atoms with Crippen molar-refractivity contribution in [2.24, 2.45) is 0 Å². The zero-order valence-electron chi connectivity index (χ0n) is 14.3. The average molecular weight is 327 g/mol. The van der Waals surface area contributed by atoms with Gasteiger partial charge in [0.15, 0.2) is 0 Å². The minimum Gasteiger partial charge on any atom is -0.496 e. The van der Waals surface area contributed by atoms with Crippen molar-refractivity contribution in [2.75, 3.05) is 28.3 Å². The number of nitrogens with zero attached hydrogens (tertiary/aromatic N) is 1. The molecule has 0 atom stereocenters. The fraction of sp³-hybridized carbons (Fsp3) is 0.263. The van der Waals surface area contributed by atoms with E-state index in [0.717, 1.165) is 16.7 Å². The van der Waals surface area contributed by atoms with Gasteiger partial charge in [0, 0.05) is 19.7 Å². The highest BCUT2D eigenvalue weighted by Crippen LogP contribution is 2.31. The van der Waals surface area contributed by atoms with Gasteiger partial charge in [-0.25, -0.2) is 4.79 Å². The Morgan fingerprint density at radius 2 is 1.67 bits per heavy atom. The van der Waals surface area contributed by atoms with Crippen molar-refractivity contribution in [2.45, 2.75) is 6.42 Å². The number of carbonyl (C=O) groups excluding carboxylic acids is 2. The molecule has 0 aromatic heterocycles. The molecule has 5 nitrogen and oxygen atoms in total. The summed E-state index contributed by atoms with van der Waals surface area (Å²) >= 11 is 0. The van der Waals surface area contributed by atoms with E-state index in [4.69, 9.17) is 9.47 Å². The van der Waals surface area contributed by atoms with Crippen LogP contribution in [0.2, 0.25) is 0 Å². The van der Waals surface area contributed by atoms with Crippen LogP contribution in [0.4, 0.5) is 0 Å². The van der Waals surface area contributed by atoms with Gasteiger partial charge in [0.1, 0.15) is 5.75 Å². The fourth-order valence-electron chi connectivity index (χ4n) is 2.32. The lowest BCUT2D eigenvalue weighted by atomic mass is 10.00. The lowest BCUT2D eigenvalue weighted by Gasteiger charge is -2.13. The predicted octanol–water partition coefficient (Wildman–Crippen LogP) is 2.78. The molecule has 0 radical (unpaired) electrons. The number of hydrogen-bond donors (Lipinski definition) is 0. The van der Waals surface area contributed by atoms with Gasteiger partial charge in [-0.05, 0) is 29.3 Å². The van der Waals surface area contributed by atoms with Gasteiger partial charge in [-0.1, -0.05) is 24.3 Å². The van der Waals surface area contributed by atoms with Gasteiger partial charge in [0.2, 0.25) is 5.91 Å². The average Bonchev–Trinajstić information content (AvgIpc) is 2.61. The quantitative estimate of drug-likeness (QED) is 0.793. The first kappa shape index (κ1) is 17.5. The summed E-state index contributed by atoms with van der Waals surface area (Å²) in [7, 11) is 6.42. The summed E-state index contributed by atoms with van der Waals surface area (Å²) in [5.41, 5.74) is 3.20. The van der Waals surface area contributed by atoms with Crippen molar-refractivity contribution in [3.63, 3.8) is 0 Å². The Morgan fingerprint density at radius 1 is 1.00 bits per heavy atom. The molecule has 126 valence electrons. The third-order valence-corrected chi connectivity index (χ3v) is 3.74. The highest BCUT2D eigenvalue weighted by atomic mass is 16.5. The number of amides is 1. The predicted molar refractivity (Wildman–Crippen MR) is 92.2 cm³/mol. The van der Waals surface area contributed by atoms with E-state index in [2.05, 4.69) is 0 Å². The summed E-state index contributed by atoms with van der Waals surface area (Å²) in [6, 6.07) is 12.8. The molecule has 5 heteroatoms. The van der Waals surface area contributed by atoms with Gasteiger partial charge < -0.3 is 14.4 Å². The molecule has 2 rings (SSSR count). The van der Waals surface area contributed by atoms with E-state index in [1.165, 1.54) is 7.11 Å². The number of ether oxygens (including phenoxy) is 2. The van der Waals surface area contributed by atoms with Gasteiger partial charge in [0.05, 0.1) is 26.2 Å². The second-order valence-corrected chi connectivity index (χ2v) is 5.57. The Kier molecular flexibility index (Phi) is 5.58. The Labute approximate surface area is 141 Å². The lowest BCUT2D eigenvalue weighted by Crippen LogP contribution is -2.23. The van der Waals surface area contributed by atoms with E-state index in [9.17, 15) is 9.59 Å². The molecule has 0 aliphatic rings. The van der Waals surface area contributed by atoms with E-state index in [-0.39, 0.29) is 11.9 Å². The molecule has 0 N–H and O–H groups in total. The summed E-state index contributed by atoms with van der Waals surface area (Å²) in [6.07, 6.45) is 0.324. The van der Waals surface area contributed by atoms with E-state index in [1.807, 2.05) is 30.3 Å². The molecule has 0 bridgehead atoms. The van der Waals surface area contributed by atoms with Gasteiger partial charge in [0.25, 0.3) is 0 Å². The summed E-state index contributed by atoms with van der Waals surface area (Å²) in [5, 5.41) is 0. The van der Waals surface area contributed by atoms with Crippen LogP contribution in [0.5, 0.6) is 5.75 Å².